The Morgan fingerprint density at radius 3 is 2.91 bits per heavy atom. The molecule has 0 N–H and O–H groups in total. The largest absolute Gasteiger partial charge is 0.301 e. The molecule has 1 aliphatic heterocycles. The van der Waals surface area contributed by atoms with Crippen molar-refractivity contribution in [2.24, 2.45) is 5.92 Å². The van der Waals surface area contributed by atoms with Crippen LogP contribution in [-0.2, 0) is 4.79 Å². The molecule has 2 heterocycles. The highest BCUT2D eigenvalue weighted by atomic mass is 16.2. The van der Waals surface area contributed by atoms with Crippen LogP contribution >= 0.6 is 0 Å². The van der Waals surface area contributed by atoms with E-state index in [1.165, 1.54) is 19.3 Å². The van der Waals surface area contributed by atoms with Crippen LogP contribution in [0.25, 0.3) is 0 Å². The van der Waals surface area contributed by atoms with E-state index in [1.54, 1.807) is 6.20 Å². The SMILES string of the molecule is CCC(=O)N(c1ccccn1)C(C)CN1CCCC(C)CC1. The van der Waals surface area contributed by atoms with Crippen molar-refractivity contribution in [3.8, 4) is 0 Å². The highest BCUT2D eigenvalue weighted by Crippen LogP contribution is 2.19. The first-order valence-corrected chi connectivity index (χ1v) is 8.57. The Bertz CT molecular complexity index is 463. The average Bonchev–Trinajstić information content (AvgIpc) is 2.73. The molecule has 1 aliphatic rings. The summed E-state index contributed by atoms with van der Waals surface area (Å²) < 4.78 is 0. The quantitative estimate of drug-likeness (QED) is 0.837. The van der Waals surface area contributed by atoms with Crippen LogP contribution in [0.15, 0.2) is 24.4 Å². The fourth-order valence-corrected chi connectivity index (χ4v) is 3.23. The first-order valence-electron chi connectivity index (χ1n) is 8.57. The number of hydrogen-bond acceptors (Lipinski definition) is 3. The van der Waals surface area contributed by atoms with E-state index in [-0.39, 0.29) is 11.9 Å². The zero-order valence-electron chi connectivity index (χ0n) is 14.2. The number of aromatic nitrogens is 1. The minimum absolute atomic E-state index is 0.148. The summed E-state index contributed by atoms with van der Waals surface area (Å²) in [4.78, 5) is 21.1. The van der Waals surface area contributed by atoms with Gasteiger partial charge in [0.1, 0.15) is 5.82 Å². The molecular formula is C18H29N3O. The number of carbonyl (C=O) groups is 1. The lowest BCUT2D eigenvalue weighted by Gasteiger charge is -2.32. The molecule has 0 aromatic carbocycles. The molecule has 0 bridgehead atoms. The maximum atomic E-state index is 12.4. The average molecular weight is 303 g/mol. The summed E-state index contributed by atoms with van der Waals surface area (Å²) in [7, 11) is 0. The molecule has 2 unspecified atom stereocenters. The second-order valence-corrected chi connectivity index (χ2v) is 6.49. The van der Waals surface area contributed by atoms with Crippen LogP contribution in [0.2, 0.25) is 0 Å². The van der Waals surface area contributed by atoms with Crippen molar-refractivity contribution in [1.29, 1.82) is 0 Å². The number of amides is 1. The molecule has 0 radical (unpaired) electrons. The van der Waals surface area contributed by atoms with E-state index in [9.17, 15) is 4.79 Å². The van der Waals surface area contributed by atoms with Crippen LogP contribution in [0.5, 0.6) is 0 Å². The first-order chi connectivity index (χ1) is 10.6. The Kier molecular flexibility index (Phi) is 6.37. The molecule has 4 heteroatoms. The van der Waals surface area contributed by atoms with Gasteiger partial charge in [0.2, 0.25) is 5.91 Å². The van der Waals surface area contributed by atoms with Crippen LogP contribution in [0, 0.1) is 5.92 Å². The molecule has 1 aromatic heterocycles. The summed E-state index contributed by atoms with van der Waals surface area (Å²) in [6.45, 7) is 9.60. The molecule has 0 saturated carbocycles. The molecule has 1 saturated heterocycles. The van der Waals surface area contributed by atoms with Gasteiger partial charge in [-0.25, -0.2) is 4.98 Å². The molecule has 4 nitrogen and oxygen atoms in total. The summed E-state index contributed by atoms with van der Waals surface area (Å²) in [5.74, 6) is 1.74. The van der Waals surface area contributed by atoms with Crippen LogP contribution in [0.4, 0.5) is 5.82 Å². The monoisotopic (exact) mass is 303 g/mol. The van der Waals surface area contributed by atoms with Crippen LogP contribution < -0.4 is 4.90 Å². The number of pyridine rings is 1. The zero-order valence-corrected chi connectivity index (χ0v) is 14.2. The zero-order chi connectivity index (χ0) is 15.9. The Morgan fingerprint density at radius 1 is 1.41 bits per heavy atom. The second-order valence-electron chi connectivity index (χ2n) is 6.49. The van der Waals surface area contributed by atoms with Gasteiger partial charge in [-0.1, -0.05) is 19.9 Å². The van der Waals surface area contributed by atoms with Crippen molar-refractivity contribution in [2.75, 3.05) is 24.5 Å². The maximum Gasteiger partial charge on any atom is 0.228 e. The van der Waals surface area contributed by atoms with Gasteiger partial charge in [-0.3, -0.25) is 9.69 Å². The van der Waals surface area contributed by atoms with E-state index < -0.39 is 0 Å². The lowest BCUT2D eigenvalue weighted by molar-refractivity contribution is -0.118. The minimum Gasteiger partial charge on any atom is -0.301 e. The lowest BCUT2D eigenvalue weighted by atomic mass is 10.0. The smallest absolute Gasteiger partial charge is 0.228 e. The van der Waals surface area contributed by atoms with E-state index in [0.29, 0.717) is 6.42 Å². The predicted molar refractivity (Wildman–Crippen MR) is 90.9 cm³/mol. The van der Waals surface area contributed by atoms with Crippen molar-refractivity contribution in [3.05, 3.63) is 24.4 Å². The highest BCUT2D eigenvalue weighted by Gasteiger charge is 2.24. The Hall–Kier alpha value is -1.42. The summed E-state index contributed by atoms with van der Waals surface area (Å²) in [5.41, 5.74) is 0. The van der Waals surface area contributed by atoms with E-state index in [1.807, 2.05) is 30.0 Å². The van der Waals surface area contributed by atoms with Gasteiger partial charge in [0.25, 0.3) is 0 Å². The maximum absolute atomic E-state index is 12.4. The molecule has 122 valence electrons. The van der Waals surface area contributed by atoms with Crippen LogP contribution in [0.3, 0.4) is 0 Å². The number of hydrogen-bond donors (Lipinski definition) is 0. The third-order valence-electron chi connectivity index (χ3n) is 4.54. The van der Waals surface area contributed by atoms with Crippen molar-refractivity contribution in [2.45, 2.75) is 52.5 Å². The molecule has 1 fully saturated rings. The number of nitrogens with zero attached hydrogens (tertiary/aromatic N) is 3. The number of anilines is 1. The van der Waals surface area contributed by atoms with Gasteiger partial charge in [-0.2, -0.15) is 0 Å². The van der Waals surface area contributed by atoms with E-state index in [4.69, 9.17) is 0 Å². The standard InChI is InChI=1S/C18H29N3O/c1-4-18(22)21(17-9-5-6-11-19-17)16(3)14-20-12-7-8-15(2)10-13-20/h5-6,9,11,15-16H,4,7-8,10,12-14H2,1-3H3. The number of rotatable bonds is 5. The third kappa shape index (κ3) is 4.54. The molecular weight excluding hydrogens is 274 g/mol. The summed E-state index contributed by atoms with van der Waals surface area (Å²) in [5, 5.41) is 0. The van der Waals surface area contributed by atoms with Gasteiger partial charge in [-0.05, 0) is 57.3 Å². The van der Waals surface area contributed by atoms with Gasteiger partial charge in [0.05, 0.1) is 0 Å². The highest BCUT2D eigenvalue weighted by molar-refractivity contribution is 5.92. The summed E-state index contributed by atoms with van der Waals surface area (Å²) in [6.07, 6.45) is 6.11. The van der Waals surface area contributed by atoms with Crippen molar-refractivity contribution in [1.82, 2.24) is 9.88 Å². The van der Waals surface area contributed by atoms with E-state index in [2.05, 4.69) is 23.7 Å². The van der Waals surface area contributed by atoms with Crippen molar-refractivity contribution < 1.29 is 4.79 Å². The van der Waals surface area contributed by atoms with Crippen LogP contribution in [0.1, 0.15) is 46.5 Å². The molecule has 0 aliphatic carbocycles. The normalized spacial score (nSPS) is 21.1. The third-order valence-corrected chi connectivity index (χ3v) is 4.54. The first kappa shape index (κ1) is 16.9. The van der Waals surface area contributed by atoms with Crippen molar-refractivity contribution in [3.63, 3.8) is 0 Å². The summed E-state index contributed by atoms with van der Waals surface area (Å²) in [6, 6.07) is 5.90. The van der Waals surface area contributed by atoms with Crippen LogP contribution in [-0.4, -0.2) is 41.5 Å². The molecule has 1 aromatic rings. The van der Waals surface area contributed by atoms with Crippen molar-refractivity contribution >= 4 is 11.7 Å². The lowest BCUT2D eigenvalue weighted by Crippen LogP contribution is -2.46. The summed E-state index contributed by atoms with van der Waals surface area (Å²) >= 11 is 0. The molecule has 2 atom stereocenters. The van der Waals surface area contributed by atoms with E-state index >= 15 is 0 Å². The van der Waals surface area contributed by atoms with Gasteiger partial charge in [0, 0.05) is 25.2 Å². The Labute approximate surface area is 134 Å². The van der Waals surface area contributed by atoms with Gasteiger partial charge < -0.3 is 4.90 Å². The second kappa shape index (κ2) is 8.28. The molecule has 1 amide bonds. The topological polar surface area (TPSA) is 36.4 Å². The van der Waals surface area contributed by atoms with Gasteiger partial charge >= 0.3 is 0 Å². The Balaban J connectivity index is 2.05. The molecule has 22 heavy (non-hydrogen) atoms. The Morgan fingerprint density at radius 2 is 2.23 bits per heavy atom. The molecule has 2 rings (SSSR count). The fraction of sp³-hybridized carbons (Fsp3) is 0.667. The molecule has 0 spiro atoms. The van der Waals surface area contributed by atoms with Gasteiger partial charge in [-0.15, -0.1) is 0 Å². The number of carbonyl (C=O) groups excluding carboxylic acids is 1. The van der Waals surface area contributed by atoms with Gasteiger partial charge in [0.15, 0.2) is 0 Å². The minimum atomic E-state index is 0.148. The number of likely N-dealkylation sites (tertiary alicyclic amines) is 1. The van der Waals surface area contributed by atoms with E-state index in [0.717, 1.165) is 31.4 Å². The fourth-order valence-electron chi connectivity index (χ4n) is 3.23. The predicted octanol–water partition coefficient (Wildman–Crippen LogP) is 3.34.